The summed E-state index contributed by atoms with van der Waals surface area (Å²) >= 11 is 5.82. The second-order valence-electron chi connectivity index (χ2n) is 5.50. The van der Waals surface area contributed by atoms with Crippen LogP contribution in [0.4, 0.5) is 0 Å². The van der Waals surface area contributed by atoms with Gasteiger partial charge >= 0.3 is 6.01 Å². The first-order chi connectivity index (χ1) is 11.7. The number of hydrogen-bond donors (Lipinski definition) is 0. The van der Waals surface area contributed by atoms with Gasteiger partial charge in [-0.05, 0) is 43.2 Å². The third-order valence-corrected chi connectivity index (χ3v) is 3.97. The Balaban J connectivity index is 1.50. The first-order valence-electron chi connectivity index (χ1n) is 7.80. The van der Waals surface area contributed by atoms with Crippen LogP contribution in [0.1, 0.15) is 12.8 Å². The Bertz CT molecular complexity index is 667. The maximum atomic E-state index is 12.3. The Kier molecular flexibility index (Phi) is 5.48. The van der Waals surface area contributed by atoms with Gasteiger partial charge in [0.15, 0.2) is 6.61 Å². The fraction of sp³-hybridized carbons (Fsp3) is 0.353. The summed E-state index contributed by atoms with van der Waals surface area (Å²) in [6.45, 7) is 1.22. The van der Waals surface area contributed by atoms with Gasteiger partial charge in [-0.25, -0.2) is 9.97 Å². The molecule has 0 saturated carbocycles. The topological polar surface area (TPSA) is 64.5 Å². The molecule has 0 aliphatic carbocycles. The number of carbonyl (C=O) groups is 1. The molecule has 24 heavy (non-hydrogen) atoms. The van der Waals surface area contributed by atoms with Crippen LogP contribution in [-0.2, 0) is 4.79 Å². The molecule has 1 saturated heterocycles. The van der Waals surface area contributed by atoms with E-state index in [1.165, 1.54) is 0 Å². The highest BCUT2D eigenvalue weighted by Gasteiger charge is 2.25. The zero-order valence-corrected chi connectivity index (χ0v) is 13.9. The molecule has 2 heterocycles. The van der Waals surface area contributed by atoms with Crippen molar-refractivity contribution >= 4 is 17.5 Å². The number of hydrogen-bond acceptors (Lipinski definition) is 5. The lowest BCUT2D eigenvalue weighted by atomic mass is 10.1. The largest absolute Gasteiger partial charge is 0.484 e. The number of carbonyl (C=O) groups excluding carboxylic acids is 1. The molecule has 0 bridgehead atoms. The first-order valence-corrected chi connectivity index (χ1v) is 8.18. The number of nitrogens with zero attached hydrogens (tertiary/aromatic N) is 3. The van der Waals surface area contributed by atoms with Gasteiger partial charge in [-0.3, -0.25) is 4.79 Å². The Morgan fingerprint density at radius 1 is 1.25 bits per heavy atom. The van der Waals surface area contributed by atoms with E-state index in [1.807, 2.05) is 0 Å². The van der Waals surface area contributed by atoms with Crippen molar-refractivity contribution < 1.29 is 14.3 Å². The van der Waals surface area contributed by atoms with Crippen LogP contribution in [-0.4, -0.2) is 46.6 Å². The molecule has 1 aromatic carbocycles. The molecule has 126 valence electrons. The van der Waals surface area contributed by atoms with Crippen LogP contribution < -0.4 is 9.47 Å². The highest BCUT2D eigenvalue weighted by atomic mass is 35.5. The van der Waals surface area contributed by atoms with E-state index in [-0.39, 0.29) is 18.6 Å². The second-order valence-corrected chi connectivity index (χ2v) is 5.93. The summed E-state index contributed by atoms with van der Waals surface area (Å²) in [5.41, 5.74) is 0. The Morgan fingerprint density at radius 2 is 2.00 bits per heavy atom. The molecule has 6 nitrogen and oxygen atoms in total. The van der Waals surface area contributed by atoms with Gasteiger partial charge in [0.2, 0.25) is 0 Å². The lowest BCUT2D eigenvalue weighted by molar-refractivity contribution is -0.136. The summed E-state index contributed by atoms with van der Waals surface area (Å²) in [7, 11) is 0. The van der Waals surface area contributed by atoms with Crippen LogP contribution in [0.3, 0.4) is 0 Å². The maximum absolute atomic E-state index is 12.3. The summed E-state index contributed by atoms with van der Waals surface area (Å²) in [5.74, 6) is 0.558. The van der Waals surface area contributed by atoms with Crippen LogP contribution in [0, 0.1) is 0 Å². The number of ether oxygens (including phenoxy) is 2. The minimum Gasteiger partial charge on any atom is -0.484 e. The van der Waals surface area contributed by atoms with Crippen molar-refractivity contribution in [3.05, 3.63) is 47.7 Å². The molecule has 1 aliphatic rings. The number of piperidine rings is 1. The van der Waals surface area contributed by atoms with E-state index < -0.39 is 0 Å². The lowest BCUT2D eigenvalue weighted by Gasteiger charge is -2.32. The van der Waals surface area contributed by atoms with Crippen molar-refractivity contribution in [3.63, 3.8) is 0 Å². The van der Waals surface area contributed by atoms with Crippen LogP contribution in [0.5, 0.6) is 11.8 Å². The van der Waals surface area contributed by atoms with Crippen molar-refractivity contribution in [1.29, 1.82) is 0 Å². The van der Waals surface area contributed by atoms with Crippen LogP contribution >= 0.6 is 11.6 Å². The van der Waals surface area contributed by atoms with Crippen LogP contribution in [0.25, 0.3) is 0 Å². The van der Waals surface area contributed by atoms with Crippen molar-refractivity contribution in [2.24, 2.45) is 0 Å². The first kappa shape index (κ1) is 16.5. The number of halogens is 1. The van der Waals surface area contributed by atoms with Crippen LogP contribution in [0.15, 0.2) is 42.7 Å². The monoisotopic (exact) mass is 347 g/mol. The predicted octanol–water partition coefficient (Wildman–Crippen LogP) is 2.58. The molecule has 1 aliphatic heterocycles. The number of aromatic nitrogens is 2. The Labute approximate surface area is 145 Å². The van der Waals surface area contributed by atoms with Gasteiger partial charge in [-0.15, -0.1) is 0 Å². The van der Waals surface area contributed by atoms with E-state index in [0.717, 1.165) is 12.8 Å². The zero-order chi connectivity index (χ0) is 16.8. The predicted molar refractivity (Wildman–Crippen MR) is 89.2 cm³/mol. The second kappa shape index (κ2) is 7.97. The molecular formula is C17H18ClN3O3. The van der Waals surface area contributed by atoms with Gasteiger partial charge < -0.3 is 14.4 Å². The van der Waals surface area contributed by atoms with Gasteiger partial charge in [-0.1, -0.05) is 11.6 Å². The number of likely N-dealkylation sites (tertiary alicyclic amines) is 1. The van der Waals surface area contributed by atoms with Crippen molar-refractivity contribution in [2.45, 2.75) is 18.9 Å². The minimum absolute atomic E-state index is 0.00378. The van der Waals surface area contributed by atoms with Gasteiger partial charge in [0.25, 0.3) is 5.91 Å². The van der Waals surface area contributed by atoms with Crippen LogP contribution in [0.2, 0.25) is 5.02 Å². The summed E-state index contributed by atoms with van der Waals surface area (Å²) in [6.07, 6.45) is 4.92. The fourth-order valence-corrected chi connectivity index (χ4v) is 2.65. The number of amides is 1. The van der Waals surface area contributed by atoms with E-state index in [2.05, 4.69) is 9.97 Å². The van der Waals surface area contributed by atoms with Gasteiger partial charge in [-0.2, -0.15) is 0 Å². The molecule has 0 N–H and O–H groups in total. The zero-order valence-electron chi connectivity index (χ0n) is 13.1. The maximum Gasteiger partial charge on any atom is 0.316 e. The van der Waals surface area contributed by atoms with Crippen molar-refractivity contribution in [2.75, 3.05) is 19.7 Å². The lowest BCUT2D eigenvalue weighted by Crippen LogP contribution is -2.46. The van der Waals surface area contributed by atoms with E-state index in [9.17, 15) is 4.79 Å². The molecule has 3 rings (SSSR count). The smallest absolute Gasteiger partial charge is 0.316 e. The van der Waals surface area contributed by atoms with Gasteiger partial charge in [0.1, 0.15) is 11.9 Å². The standard InChI is InChI=1S/C17H18ClN3O3/c18-13-4-6-14(7-5-13)23-12-16(22)21-10-1-3-15(11-21)24-17-19-8-2-9-20-17/h2,4-9,15H,1,3,10-12H2/t15-/m1/s1. The quantitative estimate of drug-likeness (QED) is 0.831. The highest BCUT2D eigenvalue weighted by molar-refractivity contribution is 6.30. The average molecular weight is 348 g/mol. The van der Waals surface area contributed by atoms with Crippen molar-refractivity contribution in [3.8, 4) is 11.8 Å². The Morgan fingerprint density at radius 3 is 2.75 bits per heavy atom. The molecule has 0 unspecified atom stereocenters. The third-order valence-electron chi connectivity index (χ3n) is 3.72. The summed E-state index contributed by atoms with van der Waals surface area (Å²) in [4.78, 5) is 22.2. The molecular weight excluding hydrogens is 330 g/mol. The van der Waals surface area contributed by atoms with E-state index in [0.29, 0.717) is 29.9 Å². The normalized spacial score (nSPS) is 17.4. The highest BCUT2D eigenvalue weighted by Crippen LogP contribution is 2.17. The average Bonchev–Trinajstić information content (AvgIpc) is 2.62. The molecule has 0 spiro atoms. The molecule has 7 heteroatoms. The molecule has 1 atom stereocenters. The van der Waals surface area contributed by atoms with Gasteiger partial charge in [0, 0.05) is 24.0 Å². The molecule has 0 radical (unpaired) electrons. The Hall–Kier alpha value is -2.34. The molecule has 1 aromatic heterocycles. The summed E-state index contributed by atoms with van der Waals surface area (Å²) < 4.78 is 11.3. The van der Waals surface area contributed by atoms with E-state index in [4.69, 9.17) is 21.1 Å². The van der Waals surface area contributed by atoms with Gasteiger partial charge in [0.05, 0.1) is 6.54 Å². The third kappa shape index (κ3) is 4.58. The minimum atomic E-state index is -0.0966. The van der Waals surface area contributed by atoms with E-state index >= 15 is 0 Å². The number of rotatable bonds is 5. The van der Waals surface area contributed by atoms with E-state index in [1.54, 1.807) is 47.6 Å². The summed E-state index contributed by atoms with van der Waals surface area (Å²) in [5, 5.41) is 0.632. The SMILES string of the molecule is O=C(COc1ccc(Cl)cc1)N1CCC[C@@H](Oc2ncccn2)C1. The summed E-state index contributed by atoms with van der Waals surface area (Å²) in [6, 6.07) is 9.01. The molecule has 1 fully saturated rings. The number of benzene rings is 1. The molecule has 1 amide bonds. The molecule has 2 aromatic rings. The van der Waals surface area contributed by atoms with Crippen molar-refractivity contribution in [1.82, 2.24) is 14.9 Å². The fourth-order valence-electron chi connectivity index (χ4n) is 2.52.